The summed E-state index contributed by atoms with van der Waals surface area (Å²) in [6.07, 6.45) is 2.29. The first-order chi connectivity index (χ1) is 8.22. The van der Waals surface area contributed by atoms with E-state index in [9.17, 15) is 0 Å². The summed E-state index contributed by atoms with van der Waals surface area (Å²) in [5.41, 5.74) is 6.61. The number of nitrogens with two attached hydrogens (primary N) is 1. The van der Waals surface area contributed by atoms with Crippen molar-refractivity contribution in [2.45, 2.75) is 26.3 Å². The van der Waals surface area contributed by atoms with E-state index in [1.807, 2.05) is 0 Å². The molecule has 1 aromatic carbocycles. The summed E-state index contributed by atoms with van der Waals surface area (Å²) in [5, 5.41) is 6.69. The first kappa shape index (κ1) is 11.8. The predicted octanol–water partition coefficient (Wildman–Crippen LogP) is 1.17. The Morgan fingerprint density at radius 2 is 2.06 bits per heavy atom. The second-order valence-corrected chi connectivity index (χ2v) is 4.16. The summed E-state index contributed by atoms with van der Waals surface area (Å²) in [5.74, 6) is 6.33. The molecular weight excluding hydrogens is 214 g/mol. The Kier molecular flexibility index (Phi) is 3.51. The maximum absolute atomic E-state index is 5.57. The normalized spacial score (nSPS) is 12.6. The number of aryl methyl sites for hydroxylation is 2. The topological polar surface area (TPSA) is 79.6 Å². The quantitative estimate of drug-likeness (QED) is 0.545. The molecule has 1 unspecified atom stereocenters. The zero-order valence-electron chi connectivity index (χ0n) is 10.1. The lowest BCUT2D eigenvalue weighted by molar-refractivity contribution is 0.522. The van der Waals surface area contributed by atoms with Gasteiger partial charge in [-0.05, 0) is 37.0 Å². The predicted molar refractivity (Wildman–Crippen MR) is 66.1 cm³/mol. The van der Waals surface area contributed by atoms with Gasteiger partial charge in [0.1, 0.15) is 12.2 Å². The minimum atomic E-state index is -0.0442. The molecule has 0 aliphatic rings. The molecule has 0 spiro atoms. The number of hydrogen-bond acceptors (Lipinski definition) is 4. The summed E-state index contributed by atoms with van der Waals surface area (Å²) < 4.78 is 0. The summed E-state index contributed by atoms with van der Waals surface area (Å²) in [7, 11) is 0. The number of hydrogen-bond donors (Lipinski definition) is 3. The minimum Gasteiger partial charge on any atom is -0.271 e. The van der Waals surface area contributed by atoms with Gasteiger partial charge in [0.15, 0.2) is 0 Å². The molecule has 0 radical (unpaired) electrons. The third kappa shape index (κ3) is 2.51. The minimum absolute atomic E-state index is 0.0442. The molecule has 0 fully saturated rings. The highest BCUT2D eigenvalue weighted by Crippen LogP contribution is 2.20. The highest BCUT2D eigenvalue weighted by Gasteiger charge is 2.15. The molecule has 5 heteroatoms. The van der Waals surface area contributed by atoms with E-state index in [4.69, 9.17) is 5.84 Å². The molecule has 2 aromatic rings. The van der Waals surface area contributed by atoms with Crippen LogP contribution in [0.4, 0.5) is 0 Å². The average Bonchev–Trinajstić information content (AvgIpc) is 2.82. The van der Waals surface area contributed by atoms with E-state index >= 15 is 0 Å². The lowest BCUT2D eigenvalue weighted by Crippen LogP contribution is -2.30. The van der Waals surface area contributed by atoms with Gasteiger partial charge < -0.3 is 0 Å². The van der Waals surface area contributed by atoms with Crippen LogP contribution in [0.2, 0.25) is 0 Å². The zero-order chi connectivity index (χ0) is 12.3. The van der Waals surface area contributed by atoms with Crippen molar-refractivity contribution in [3.05, 3.63) is 47.0 Å². The van der Waals surface area contributed by atoms with E-state index in [0.717, 1.165) is 12.2 Å². The average molecular weight is 231 g/mol. The molecule has 0 aliphatic carbocycles. The third-order valence-electron chi connectivity index (χ3n) is 3.02. The maximum atomic E-state index is 5.57. The van der Waals surface area contributed by atoms with Gasteiger partial charge in [0.05, 0.1) is 6.04 Å². The van der Waals surface area contributed by atoms with E-state index < -0.39 is 0 Å². The number of hydrazine groups is 1. The van der Waals surface area contributed by atoms with Gasteiger partial charge in [0, 0.05) is 0 Å². The number of benzene rings is 1. The summed E-state index contributed by atoms with van der Waals surface area (Å²) in [6, 6.07) is 6.23. The van der Waals surface area contributed by atoms with Crippen LogP contribution in [0, 0.1) is 13.8 Å². The van der Waals surface area contributed by atoms with Gasteiger partial charge in [-0.25, -0.2) is 10.4 Å². The van der Waals surface area contributed by atoms with E-state index in [0.29, 0.717) is 0 Å². The smallest absolute Gasteiger partial charge is 0.143 e. The second kappa shape index (κ2) is 5.07. The van der Waals surface area contributed by atoms with Crippen LogP contribution in [-0.2, 0) is 6.42 Å². The van der Waals surface area contributed by atoms with Crippen molar-refractivity contribution < 1.29 is 0 Å². The molecule has 1 atom stereocenters. The number of aromatic amines is 1. The van der Waals surface area contributed by atoms with Gasteiger partial charge in [-0.2, -0.15) is 5.10 Å². The van der Waals surface area contributed by atoms with Gasteiger partial charge in [-0.1, -0.05) is 18.2 Å². The Morgan fingerprint density at radius 1 is 1.35 bits per heavy atom. The Balaban J connectivity index is 2.25. The van der Waals surface area contributed by atoms with Crippen molar-refractivity contribution in [3.63, 3.8) is 0 Å². The van der Waals surface area contributed by atoms with Gasteiger partial charge in [0.25, 0.3) is 0 Å². The molecule has 0 bridgehead atoms. The fourth-order valence-corrected chi connectivity index (χ4v) is 1.99. The fraction of sp³-hybridized carbons (Fsp3) is 0.333. The number of aromatic nitrogens is 3. The molecule has 5 nitrogen and oxygen atoms in total. The van der Waals surface area contributed by atoms with Crippen molar-refractivity contribution in [1.82, 2.24) is 20.6 Å². The number of rotatable bonds is 4. The molecule has 1 heterocycles. The summed E-state index contributed by atoms with van der Waals surface area (Å²) in [6.45, 7) is 4.21. The first-order valence-corrected chi connectivity index (χ1v) is 5.59. The molecule has 2 rings (SSSR count). The maximum Gasteiger partial charge on any atom is 0.143 e. The summed E-state index contributed by atoms with van der Waals surface area (Å²) >= 11 is 0. The van der Waals surface area contributed by atoms with Crippen LogP contribution in [0.1, 0.15) is 28.6 Å². The molecule has 0 saturated carbocycles. The van der Waals surface area contributed by atoms with Crippen LogP contribution in [0.25, 0.3) is 0 Å². The number of nitrogens with zero attached hydrogens (tertiary/aromatic N) is 2. The molecule has 17 heavy (non-hydrogen) atoms. The number of nitrogens with one attached hydrogen (secondary N) is 2. The van der Waals surface area contributed by atoms with E-state index in [2.05, 4.69) is 52.7 Å². The van der Waals surface area contributed by atoms with Gasteiger partial charge in [-0.15, -0.1) is 0 Å². The van der Waals surface area contributed by atoms with Crippen LogP contribution in [0.5, 0.6) is 0 Å². The molecule has 1 aromatic heterocycles. The molecule has 0 amide bonds. The second-order valence-electron chi connectivity index (χ2n) is 4.16. The molecular formula is C12H17N5. The highest BCUT2D eigenvalue weighted by molar-refractivity contribution is 5.34. The molecule has 90 valence electrons. The lowest BCUT2D eigenvalue weighted by atomic mass is 9.96. The number of H-pyrrole nitrogens is 1. The Morgan fingerprint density at radius 3 is 2.59 bits per heavy atom. The standard InChI is InChI=1S/C12H17N5/c1-8-4-3-5-9(2)10(8)6-11(16-13)12-14-7-15-17-12/h3-5,7,11,16H,6,13H2,1-2H3,(H,14,15,17). The molecule has 0 saturated heterocycles. The van der Waals surface area contributed by atoms with Crippen molar-refractivity contribution >= 4 is 0 Å². The third-order valence-corrected chi connectivity index (χ3v) is 3.02. The summed E-state index contributed by atoms with van der Waals surface area (Å²) in [4.78, 5) is 4.13. The van der Waals surface area contributed by atoms with Crippen LogP contribution in [0.15, 0.2) is 24.5 Å². The Hall–Kier alpha value is -1.72. The monoisotopic (exact) mass is 231 g/mol. The van der Waals surface area contributed by atoms with Crippen LogP contribution in [0.3, 0.4) is 0 Å². The van der Waals surface area contributed by atoms with Gasteiger partial charge in [0.2, 0.25) is 0 Å². The van der Waals surface area contributed by atoms with Crippen molar-refractivity contribution in [1.29, 1.82) is 0 Å². The Bertz CT molecular complexity index is 457. The SMILES string of the molecule is Cc1cccc(C)c1CC(NN)c1ncn[nH]1. The van der Waals surface area contributed by atoms with E-state index in [-0.39, 0.29) is 6.04 Å². The van der Waals surface area contributed by atoms with Crippen LogP contribution in [-0.4, -0.2) is 15.2 Å². The van der Waals surface area contributed by atoms with Crippen molar-refractivity contribution in [2.75, 3.05) is 0 Å². The molecule has 0 aliphatic heterocycles. The molecule has 4 N–H and O–H groups in total. The van der Waals surface area contributed by atoms with Gasteiger partial charge in [-0.3, -0.25) is 10.9 Å². The fourth-order valence-electron chi connectivity index (χ4n) is 1.99. The van der Waals surface area contributed by atoms with Crippen LogP contribution < -0.4 is 11.3 Å². The van der Waals surface area contributed by atoms with Crippen molar-refractivity contribution in [3.8, 4) is 0 Å². The van der Waals surface area contributed by atoms with E-state index in [1.54, 1.807) is 0 Å². The zero-order valence-corrected chi connectivity index (χ0v) is 10.1. The van der Waals surface area contributed by atoms with Gasteiger partial charge >= 0.3 is 0 Å². The van der Waals surface area contributed by atoms with E-state index in [1.165, 1.54) is 23.0 Å². The van der Waals surface area contributed by atoms with Crippen LogP contribution >= 0.6 is 0 Å². The Labute approximate surface area is 100 Å². The lowest BCUT2D eigenvalue weighted by Gasteiger charge is -2.16. The first-order valence-electron chi connectivity index (χ1n) is 5.59. The highest BCUT2D eigenvalue weighted by atomic mass is 15.3. The largest absolute Gasteiger partial charge is 0.271 e. The van der Waals surface area contributed by atoms with Crippen molar-refractivity contribution in [2.24, 2.45) is 5.84 Å².